The molecule has 0 spiro atoms. The van der Waals surface area contributed by atoms with Crippen LogP contribution < -0.4 is 5.32 Å². The van der Waals surface area contributed by atoms with Gasteiger partial charge in [-0.2, -0.15) is 18.2 Å². The van der Waals surface area contributed by atoms with Crippen molar-refractivity contribution >= 4 is 22.7 Å². The van der Waals surface area contributed by atoms with Crippen LogP contribution in [-0.4, -0.2) is 21.2 Å². The Morgan fingerprint density at radius 1 is 1.16 bits per heavy atom. The summed E-state index contributed by atoms with van der Waals surface area (Å²) in [5.74, 6) is -4.94. The third-order valence-corrected chi connectivity index (χ3v) is 3.99. The van der Waals surface area contributed by atoms with E-state index in [1.165, 1.54) is 18.7 Å². The highest BCUT2D eigenvalue weighted by Crippen LogP contribution is 2.31. The molecule has 13 heteroatoms. The Labute approximate surface area is 168 Å². The monoisotopic (exact) mass is 440 g/mol. The molecular weight excluding hydrogens is 431 g/mol. The smallest absolute Gasteiger partial charge is 0.464 e. The number of benzene rings is 1. The van der Waals surface area contributed by atoms with Crippen LogP contribution in [0.3, 0.4) is 0 Å². The Morgan fingerprint density at radius 3 is 2.58 bits per heavy atom. The van der Waals surface area contributed by atoms with E-state index < -0.39 is 46.9 Å². The molecule has 31 heavy (non-hydrogen) atoms. The molecule has 4 rings (SSSR count). The van der Waals surface area contributed by atoms with Gasteiger partial charge >= 0.3 is 18.2 Å². The summed E-state index contributed by atoms with van der Waals surface area (Å²) >= 11 is 0. The SMILES string of the molecule is O=C(Nc1c(F)cc(-c2noc(C(F)(F)F)n2)cc1F)OCc1cncc2ccoc12. The number of nitrogens with zero attached hydrogens (tertiary/aromatic N) is 3. The molecule has 8 nitrogen and oxygen atoms in total. The van der Waals surface area contributed by atoms with Crippen molar-refractivity contribution in [2.24, 2.45) is 0 Å². The number of ether oxygens (including phenoxy) is 1. The number of carbonyl (C=O) groups is 1. The number of anilines is 1. The van der Waals surface area contributed by atoms with Crippen molar-refractivity contribution in [2.45, 2.75) is 12.8 Å². The van der Waals surface area contributed by atoms with Crippen molar-refractivity contribution in [1.29, 1.82) is 0 Å². The van der Waals surface area contributed by atoms with E-state index in [9.17, 15) is 26.7 Å². The van der Waals surface area contributed by atoms with Crippen molar-refractivity contribution < 1.29 is 40.4 Å². The summed E-state index contributed by atoms with van der Waals surface area (Å²) in [5.41, 5.74) is -0.444. The molecule has 1 aromatic carbocycles. The van der Waals surface area contributed by atoms with Gasteiger partial charge in [-0.15, -0.1) is 0 Å². The molecule has 0 saturated carbocycles. The zero-order valence-electron chi connectivity index (χ0n) is 15.0. The number of hydrogen-bond donors (Lipinski definition) is 1. The van der Waals surface area contributed by atoms with Crippen LogP contribution in [0, 0.1) is 11.6 Å². The van der Waals surface area contributed by atoms with Gasteiger partial charge in [0.2, 0.25) is 5.82 Å². The molecule has 3 heterocycles. The number of carbonyl (C=O) groups excluding carboxylic acids is 1. The molecule has 1 N–H and O–H groups in total. The lowest BCUT2D eigenvalue weighted by molar-refractivity contribution is -0.159. The maximum atomic E-state index is 14.3. The zero-order valence-corrected chi connectivity index (χ0v) is 15.0. The standard InChI is InChI=1S/C18H9F5N4O4/c19-11-3-9(15-26-16(31-27-15)18(21,22)23)4-12(20)13(11)25-17(28)30-7-10-6-24-5-8-1-2-29-14(8)10/h1-6H,7H2,(H,25,28). The number of amides is 1. The van der Waals surface area contributed by atoms with E-state index in [0.29, 0.717) is 28.7 Å². The Morgan fingerprint density at radius 2 is 1.90 bits per heavy atom. The van der Waals surface area contributed by atoms with Crippen LogP contribution in [0.2, 0.25) is 0 Å². The number of hydrogen-bond acceptors (Lipinski definition) is 7. The third kappa shape index (κ3) is 4.15. The molecule has 0 aliphatic rings. The normalized spacial score (nSPS) is 11.6. The summed E-state index contributed by atoms with van der Waals surface area (Å²) in [6.45, 7) is -0.298. The van der Waals surface area contributed by atoms with Gasteiger partial charge in [0.25, 0.3) is 0 Å². The van der Waals surface area contributed by atoms with E-state index in [4.69, 9.17) is 9.15 Å². The van der Waals surface area contributed by atoms with E-state index >= 15 is 0 Å². The number of nitrogens with one attached hydrogen (secondary N) is 1. The molecule has 0 fully saturated rings. The van der Waals surface area contributed by atoms with Gasteiger partial charge in [-0.3, -0.25) is 10.3 Å². The van der Waals surface area contributed by atoms with Crippen LogP contribution in [0.4, 0.5) is 32.4 Å². The van der Waals surface area contributed by atoms with Crippen molar-refractivity contribution in [3.8, 4) is 11.4 Å². The van der Waals surface area contributed by atoms with Gasteiger partial charge in [0.1, 0.15) is 17.9 Å². The van der Waals surface area contributed by atoms with Gasteiger partial charge in [0.15, 0.2) is 11.6 Å². The molecule has 3 aromatic heterocycles. The average Bonchev–Trinajstić information content (AvgIpc) is 3.38. The molecule has 0 atom stereocenters. The van der Waals surface area contributed by atoms with Gasteiger partial charge < -0.3 is 13.7 Å². The Balaban J connectivity index is 1.48. The molecular formula is C18H9F5N4O4. The Hall–Kier alpha value is -4.03. The van der Waals surface area contributed by atoms with Crippen LogP contribution in [0.5, 0.6) is 0 Å². The zero-order chi connectivity index (χ0) is 22.2. The predicted molar refractivity (Wildman–Crippen MR) is 92.5 cm³/mol. The summed E-state index contributed by atoms with van der Waals surface area (Å²) < 4.78 is 80.4. The quantitative estimate of drug-likeness (QED) is 0.449. The summed E-state index contributed by atoms with van der Waals surface area (Å²) in [6.07, 6.45) is -1.74. The molecule has 0 aliphatic heterocycles. The lowest BCUT2D eigenvalue weighted by atomic mass is 10.1. The van der Waals surface area contributed by atoms with Crippen LogP contribution >= 0.6 is 0 Å². The Kier molecular flexibility index (Phi) is 5.01. The highest BCUT2D eigenvalue weighted by Gasteiger charge is 2.38. The second-order valence-corrected chi connectivity index (χ2v) is 6.07. The minimum absolute atomic E-state index is 0.298. The number of rotatable bonds is 4. The fourth-order valence-electron chi connectivity index (χ4n) is 2.61. The fraction of sp³-hybridized carbons (Fsp3) is 0.111. The first-order valence-corrected chi connectivity index (χ1v) is 8.36. The highest BCUT2D eigenvalue weighted by molar-refractivity contribution is 5.86. The van der Waals surface area contributed by atoms with Gasteiger partial charge in [-0.05, 0) is 18.2 Å². The molecule has 0 bridgehead atoms. The molecule has 0 aliphatic carbocycles. The van der Waals surface area contributed by atoms with Crippen molar-refractivity contribution in [3.05, 3.63) is 59.9 Å². The summed E-state index contributed by atoms with van der Waals surface area (Å²) in [6, 6.07) is 2.92. The molecule has 4 aromatic rings. The Bertz CT molecular complexity index is 1240. The van der Waals surface area contributed by atoms with Crippen LogP contribution in [0.1, 0.15) is 11.5 Å². The number of halogens is 5. The van der Waals surface area contributed by atoms with E-state index in [0.717, 1.165) is 0 Å². The second kappa shape index (κ2) is 7.66. The molecule has 1 amide bonds. The first-order chi connectivity index (χ1) is 14.7. The number of fused-ring (bicyclic) bond motifs is 1. The molecule has 0 saturated heterocycles. The topological polar surface area (TPSA) is 103 Å². The van der Waals surface area contributed by atoms with Gasteiger partial charge in [0.05, 0.1) is 11.8 Å². The minimum atomic E-state index is -4.91. The predicted octanol–water partition coefficient (Wildman–Crippen LogP) is 4.92. The second-order valence-electron chi connectivity index (χ2n) is 6.07. The average molecular weight is 440 g/mol. The maximum Gasteiger partial charge on any atom is 0.471 e. The summed E-state index contributed by atoms with van der Waals surface area (Å²) in [5, 5.41) is 5.61. The number of pyridine rings is 1. The van der Waals surface area contributed by atoms with Gasteiger partial charge in [0, 0.05) is 23.3 Å². The van der Waals surface area contributed by atoms with Gasteiger partial charge in [-0.1, -0.05) is 5.16 Å². The van der Waals surface area contributed by atoms with Crippen molar-refractivity contribution in [1.82, 2.24) is 15.1 Å². The van der Waals surface area contributed by atoms with Gasteiger partial charge in [-0.25, -0.2) is 13.6 Å². The first kappa shape index (κ1) is 20.3. The molecule has 0 unspecified atom stereocenters. The van der Waals surface area contributed by atoms with Crippen LogP contribution in [0.15, 0.2) is 45.8 Å². The largest absolute Gasteiger partial charge is 0.471 e. The number of furan rings is 1. The van der Waals surface area contributed by atoms with E-state index in [1.807, 2.05) is 5.32 Å². The lowest BCUT2D eigenvalue weighted by Crippen LogP contribution is -2.16. The maximum absolute atomic E-state index is 14.3. The molecule has 160 valence electrons. The third-order valence-electron chi connectivity index (χ3n) is 3.99. The van der Waals surface area contributed by atoms with E-state index in [2.05, 4.69) is 19.6 Å². The van der Waals surface area contributed by atoms with E-state index in [-0.39, 0.29) is 6.61 Å². The minimum Gasteiger partial charge on any atom is -0.464 e. The van der Waals surface area contributed by atoms with Crippen molar-refractivity contribution in [2.75, 3.05) is 5.32 Å². The van der Waals surface area contributed by atoms with E-state index in [1.54, 1.807) is 6.07 Å². The number of aromatic nitrogens is 3. The van der Waals surface area contributed by atoms with Crippen LogP contribution in [0.25, 0.3) is 22.4 Å². The first-order valence-electron chi connectivity index (χ1n) is 8.36. The summed E-state index contributed by atoms with van der Waals surface area (Å²) in [4.78, 5) is 18.9. The lowest BCUT2D eigenvalue weighted by Gasteiger charge is -2.10. The summed E-state index contributed by atoms with van der Waals surface area (Å²) in [7, 11) is 0. The highest BCUT2D eigenvalue weighted by atomic mass is 19.4. The number of alkyl halides is 3. The van der Waals surface area contributed by atoms with Crippen molar-refractivity contribution in [3.63, 3.8) is 0 Å². The fourth-order valence-corrected chi connectivity index (χ4v) is 2.61. The van der Waals surface area contributed by atoms with Crippen LogP contribution in [-0.2, 0) is 17.5 Å². The molecule has 0 radical (unpaired) electrons.